The molecular formula is C13H22N4OS. The third kappa shape index (κ3) is 4.18. The number of nitrogens with one attached hydrogen (secondary N) is 1. The van der Waals surface area contributed by atoms with Gasteiger partial charge in [-0.25, -0.2) is 4.98 Å². The second-order valence-electron chi connectivity index (χ2n) is 5.40. The molecule has 0 bridgehead atoms. The zero-order chi connectivity index (χ0) is 13.8. The van der Waals surface area contributed by atoms with Crippen LogP contribution in [0.15, 0.2) is 5.38 Å². The van der Waals surface area contributed by atoms with E-state index in [0.29, 0.717) is 23.5 Å². The first-order valence-electron chi connectivity index (χ1n) is 6.75. The molecule has 0 aliphatic carbocycles. The summed E-state index contributed by atoms with van der Waals surface area (Å²) in [4.78, 5) is 18.3. The van der Waals surface area contributed by atoms with Gasteiger partial charge in [0, 0.05) is 24.5 Å². The van der Waals surface area contributed by atoms with Crippen molar-refractivity contribution in [1.82, 2.24) is 15.2 Å². The molecule has 1 saturated heterocycles. The van der Waals surface area contributed by atoms with E-state index in [1.165, 1.54) is 17.8 Å². The number of hydrogen-bond donors (Lipinski definition) is 2. The van der Waals surface area contributed by atoms with Crippen molar-refractivity contribution < 1.29 is 4.79 Å². The zero-order valence-corrected chi connectivity index (χ0v) is 12.4. The molecule has 3 N–H and O–H groups in total. The summed E-state index contributed by atoms with van der Waals surface area (Å²) in [6, 6.07) is 0.596. The van der Waals surface area contributed by atoms with Crippen molar-refractivity contribution in [2.75, 3.05) is 25.4 Å². The predicted octanol–water partition coefficient (Wildman–Crippen LogP) is 1.11. The van der Waals surface area contributed by atoms with Gasteiger partial charge in [-0.1, -0.05) is 0 Å². The van der Waals surface area contributed by atoms with Crippen LogP contribution in [0.1, 0.15) is 26.0 Å². The van der Waals surface area contributed by atoms with Crippen LogP contribution < -0.4 is 11.1 Å². The number of carbonyl (C=O) groups is 1. The number of hydrogen-bond acceptors (Lipinski definition) is 5. The Morgan fingerprint density at radius 1 is 1.68 bits per heavy atom. The highest BCUT2D eigenvalue weighted by Gasteiger charge is 2.24. The topological polar surface area (TPSA) is 71.2 Å². The number of nitrogens with zero attached hydrogens (tertiary/aromatic N) is 2. The molecule has 0 saturated carbocycles. The van der Waals surface area contributed by atoms with Crippen molar-refractivity contribution in [3.63, 3.8) is 0 Å². The fourth-order valence-corrected chi connectivity index (χ4v) is 2.95. The lowest BCUT2D eigenvalue weighted by molar-refractivity contribution is -0.120. The number of amides is 1. The fourth-order valence-electron chi connectivity index (χ4n) is 2.39. The largest absolute Gasteiger partial charge is 0.375 e. The average molecular weight is 282 g/mol. The molecular weight excluding hydrogens is 260 g/mol. The number of nitrogen functional groups attached to an aromatic ring is 1. The van der Waals surface area contributed by atoms with Gasteiger partial charge in [0.25, 0.3) is 0 Å². The highest BCUT2D eigenvalue weighted by molar-refractivity contribution is 7.13. The number of aromatic nitrogens is 1. The Kier molecular flexibility index (Phi) is 4.76. The molecule has 1 atom stereocenters. The van der Waals surface area contributed by atoms with Crippen LogP contribution in [-0.4, -0.2) is 41.5 Å². The van der Waals surface area contributed by atoms with Crippen molar-refractivity contribution in [1.29, 1.82) is 0 Å². The van der Waals surface area contributed by atoms with Crippen LogP contribution in [0.4, 0.5) is 5.13 Å². The second kappa shape index (κ2) is 6.34. The van der Waals surface area contributed by atoms with E-state index >= 15 is 0 Å². The molecule has 0 radical (unpaired) electrons. The number of rotatable bonds is 5. The molecule has 6 heteroatoms. The quantitative estimate of drug-likeness (QED) is 0.849. The van der Waals surface area contributed by atoms with E-state index in [9.17, 15) is 4.79 Å². The maximum Gasteiger partial charge on any atom is 0.226 e. The molecule has 106 valence electrons. The first-order valence-corrected chi connectivity index (χ1v) is 7.63. The number of nitrogens with two attached hydrogens (primary N) is 1. The summed E-state index contributed by atoms with van der Waals surface area (Å²) in [5, 5.41) is 5.36. The van der Waals surface area contributed by atoms with Crippen LogP contribution in [0.5, 0.6) is 0 Å². The lowest BCUT2D eigenvalue weighted by Gasteiger charge is -2.20. The van der Waals surface area contributed by atoms with Gasteiger partial charge in [-0.3, -0.25) is 4.79 Å². The molecule has 0 spiro atoms. The number of thiazole rings is 1. The fraction of sp³-hybridized carbons (Fsp3) is 0.692. The summed E-state index contributed by atoms with van der Waals surface area (Å²) in [6.07, 6.45) is 1.50. The normalized spacial score (nSPS) is 20.1. The van der Waals surface area contributed by atoms with E-state index in [0.717, 1.165) is 25.3 Å². The minimum Gasteiger partial charge on any atom is -0.375 e. The molecule has 1 amide bonds. The van der Waals surface area contributed by atoms with Gasteiger partial charge in [0.1, 0.15) is 0 Å². The highest BCUT2D eigenvalue weighted by Crippen LogP contribution is 2.17. The summed E-state index contributed by atoms with van der Waals surface area (Å²) in [6.45, 7) is 7.42. The Bertz CT molecular complexity index is 432. The molecule has 0 aromatic carbocycles. The highest BCUT2D eigenvalue weighted by atomic mass is 32.1. The summed E-state index contributed by atoms with van der Waals surface area (Å²) in [5.41, 5.74) is 6.30. The minimum absolute atomic E-state index is 0.0355. The van der Waals surface area contributed by atoms with Gasteiger partial charge in [-0.2, -0.15) is 0 Å². The Balaban J connectivity index is 1.70. The van der Waals surface area contributed by atoms with Gasteiger partial charge in [0.2, 0.25) is 5.91 Å². The SMILES string of the molecule is CC(C)N1CCC(CNC(=O)Cc2csc(N)n2)C1. The van der Waals surface area contributed by atoms with Gasteiger partial charge in [0.15, 0.2) is 5.13 Å². The first kappa shape index (κ1) is 14.3. The van der Waals surface area contributed by atoms with Gasteiger partial charge in [-0.15, -0.1) is 11.3 Å². The van der Waals surface area contributed by atoms with Gasteiger partial charge < -0.3 is 16.0 Å². The summed E-state index contributed by atoms with van der Waals surface area (Å²) >= 11 is 1.37. The van der Waals surface area contributed by atoms with Crippen molar-refractivity contribution >= 4 is 22.4 Å². The molecule has 1 fully saturated rings. The van der Waals surface area contributed by atoms with Crippen molar-refractivity contribution in [3.8, 4) is 0 Å². The van der Waals surface area contributed by atoms with Crippen molar-refractivity contribution in [3.05, 3.63) is 11.1 Å². The Morgan fingerprint density at radius 2 is 2.47 bits per heavy atom. The van der Waals surface area contributed by atoms with Gasteiger partial charge >= 0.3 is 0 Å². The minimum atomic E-state index is 0.0355. The Hall–Kier alpha value is -1.14. The van der Waals surface area contributed by atoms with Crippen LogP contribution in [0.3, 0.4) is 0 Å². The molecule has 5 nitrogen and oxygen atoms in total. The van der Waals surface area contributed by atoms with E-state index in [-0.39, 0.29) is 5.91 Å². The van der Waals surface area contributed by atoms with Crippen LogP contribution in [0.2, 0.25) is 0 Å². The summed E-state index contributed by atoms with van der Waals surface area (Å²) < 4.78 is 0. The van der Waals surface area contributed by atoms with Gasteiger partial charge in [0.05, 0.1) is 12.1 Å². The monoisotopic (exact) mass is 282 g/mol. The van der Waals surface area contributed by atoms with Crippen LogP contribution in [0, 0.1) is 5.92 Å². The lowest BCUT2D eigenvalue weighted by Crippen LogP contribution is -2.33. The third-order valence-corrected chi connectivity index (χ3v) is 4.27. The number of likely N-dealkylation sites (tertiary alicyclic amines) is 1. The molecule has 1 aromatic heterocycles. The smallest absolute Gasteiger partial charge is 0.226 e. The van der Waals surface area contributed by atoms with E-state index in [1.807, 2.05) is 5.38 Å². The molecule has 1 aliphatic heterocycles. The molecule has 1 aromatic rings. The maximum atomic E-state index is 11.8. The summed E-state index contributed by atoms with van der Waals surface area (Å²) in [7, 11) is 0. The molecule has 2 heterocycles. The third-order valence-electron chi connectivity index (χ3n) is 3.55. The van der Waals surface area contributed by atoms with E-state index in [4.69, 9.17) is 5.73 Å². The second-order valence-corrected chi connectivity index (χ2v) is 6.29. The number of anilines is 1. The maximum absolute atomic E-state index is 11.8. The van der Waals surface area contributed by atoms with Gasteiger partial charge in [-0.05, 0) is 32.7 Å². The van der Waals surface area contributed by atoms with Crippen LogP contribution in [-0.2, 0) is 11.2 Å². The molecule has 19 heavy (non-hydrogen) atoms. The Labute approximate surface area is 118 Å². The lowest BCUT2D eigenvalue weighted by atomic mass is 10.1. The first-order chi connectivity index (χ1) is 9.04. The number of carbonyl (C=O) groups excluding carboxylic acids is 1. The van der Waals surface area contributed by atoms with Crippen molar-refractivity contribution in [2.24, 2.45) is 5.92 Å². The van der Waals surface area contributed by atoms with Crippen LogP contribution >= 0.6 is 11.3 Å². The summed E-state index contributed by atoms with van der Waals surface area (Å²) in [5.74, 6) is 0.611. The average Bonchev–Trinajstić information content (AvgIpc) is 2.96. The van der Waals surface area contributed by atoms with E-state index in [1.54, 1.807) is 0 Å². The van der Waals surface area contributed by atoms with Crippen LogP contribution in [0.25, 0.3) is 0 Å². The molecule has 1 aliphatic rings. The molecule has 2 rings (SSSR count). The van der Waals surface area contributed by atoms with Crippen molar-refractivity contribution in [2.45, 2.75) is 32.7 Å². The predicted molar refractivity (Wildman–Crippen MR) is 78.1 cm³/mol. The van der Waals surface area contributed by atoms with E-state index in [2.05, 4.69) is 29.0 Å². The molecule has 1 unspecified atom stereocenters. The Morgan fingerprint density at radius 3 is 3.05 bits per heavy atom. The van der Waals surface area contributed by atoms with E-state index < -0.39 is 0 Å². The standard InChI is InChI=1S/C13H22N4OS/c1-9(2)17-4-3-10(7-17)6-15-12(18)5-11-8-19-13(14)16-11/h8-10H,3-7H2,1-2H3,(H2,14,16)(H,15,18). The zero-order valence-electron chi connectivity index (χ0n) is 11.6.